The van der Waals surface area contributed by atoms with Gasteiger partial charge in [-0.25, -0.2) is 0 Å². The molecule has 1 fully saturated rings. The lowest BCUT2D eigenvalue weighted by molar-refractivity contribution is -0.130. The Morgan fingerprint density at radius 3 is 2.86 bits per heavy atom. The summed E-state index contributed by atoms with van der Waals surface area (Å²) in [5.41, 5.74) is 0. The predicted octanol–water partition coefficient (Wildman–Crippen LogP) is 1.99. The van der Waals surface area contributed by atoms with Crippen LogP contribution < -0.4 is 0 Å². The zero-order valence-corrected chi connectivity index (χ0v) is 9.56. The largest absolute Gasteiger partial charge is 0.328 e. The number of rotatable bonds is 4. The van der Waals surface area contributed by atoms with Gasteiger partial charge in [-0.05, 0) is 19.8 Å². The number of carbonyl (C=O) groups is 1. The number of thioether (sulfide) groups is 1. The van der Waals surface area contributed by atoms with Gasteiger partial charge in [-0.2, -0.15) is 5.26 Å². The van der Waals surface area contributed by atoms with Crippen molar-refractivity contribution in [2.24, 2.45) is 0 Å². The van der Waals surface area contributed by atoms with E-state index >= 15 is 0 Å². The molecule has 0 bridgehead atoms. The van der Waals surface area contributed by atoms with Crippen LogP contribution in [0.1, 0.15) is 33.1 Å². The van der Waals surface area contributed by atoms with Gasteiger partial charge in [0.05, 0.1) is 16.7 Å². The van der Waals surface area contributed by atoms with Crippen LogP contribution in [0.3, 0.4) is 0 Å². The molecule has 1 aliphatic heterocycles. The van der Waals surface area contributed by atoms with Crippen molar-refractivity contribution in [3.8, 4) is 6.07 Å². The highest BCUT2D eigenvalue weighted by Crippen LogP contribution is 2.42. The summed E-state index contributed by atoms with van der Waals surface area (Å²) in [4.78, 5) is 13.4. The molecular weight excluding hydrogens is 196 g/mol. The van der Waals surface area contributed by atoms with Gasteiger partial charge in [-0.1, -0.05) is 6.92 Å². The smallest absolute Gasteiger partial charge is 0.233 e. The molecule has 1 saturated heterocycles. The van der Waals surface area contributed by atoms with E-state index in [9.17, 15) is 4.79 Å². The molecule has 0 aliphatic carbocycles. The normalized spacial score (nSPS) is 26.6. The van der Waals surface area contributed by atoms with Crippen molar-refractivity contribution in [3.63, 3.8) is 0 Å². The molecular formula is C10H16N2OS. The summed E-state index contributed by atoms with van der Waals surface area (Å²) >= 11 is 1.70. The molecule has 1 atom stereocenters. The summed E-state index contributed by atoms with van der Waals surface area (Å²) < 4.78 is 0. The van der Waals surface area contributed by atoms with Gasteiger partial charge in [0.2, 0.25) is 5.91 Å². The van der Waals surface area contributed by atoms with E-state index in [1.807, 2.05) is 11.8 Å². The topological polar surface area (TPSA) is 44.1 Å². The van der Waals surface area contributed by atoms with Crippen LogP contribution in [0.5, 0.6) is 0 Å². The van der Waals surface area contributed by atoms with Crippen LogP contribution >= 0.6 is 11.8 Å². The molecule has 78 valence electrons. The summed E-state index contributed by atoms with van der Waals surface area (Å²) in [6.45, 7) is 4.84. The van der Waals surface area contributed by atoms with Crippen molar-refractivity contribution >= 4 is 17.7 Å². The van der Waals surface area contributed by atoms with Gasteiger partial charge in [0.1, 0.15) is 0 Å². The second-order valence-electron chi connectivity index (χ2n) is 3.38. The van der Waals surface area contributed by atoms with E-state index in [4.69, 9.17) is 5.26 Å². The molecule has 0 N–H and O–H groups in total. The van der Waals surface area contributed by atoms with Crippen LogP contribution in [0.2, 0.25) is 0 Å². The highest BCUT2D eigenvalue weighted by Gasteiger charge is 2.43. The van der Waals surface area contributed by atoms with E-state index in [0.717, 1.165) is 19.4 Å². The van der Waals surface area contributed by atoms with Crippen LogP contribution in [0.25, 0.3) is 0 Å². The van der Waals surface area contributed by atoms with Crippen molar-refractivity contribution < 1.29 is 4.79 Å². The molecule has 0 spiro atoms. The van der Waals surface area contributed by atoms with Gasteiger partial charge in [0.25, 0.3) is 0 Å². The maximum atomic E-state index is 11.6. The lowest BCUT2D eigenvalue weighted by Gasteiger charge is -2.35. The Hall–Kier alpha value is -0.690. The molecule has 0 aromatic rings. The van der Waals surface area contributed by atoms with E-state index in [0.29, 0.717) is 12.2 Å². The van der Waals surface area contributed by atoms with Crippen molar-refractivity contribution in [2.45, 2.75) is 38.0 Å². The molecule has 14 heavy (non-hydrogen) atoms. The molecule has 0 saturated carbocycles. The lowest BCUT2D eigenvalue weighted by Crippen LogP contribution is -2.43. The highest BCUT2D eigenvalue weighted by atomic mass is 32.2. The molecule has 1 aliphatic rings. The Kier molecular flexibility index (Phi) is 3.82. The zero-order valence-electron chi connectivity index (χ0n) is 8.75. The molecule has 1 heterocycles. The first-order valence-electron chi connectivity index (χ1n) is 5.01. The first kappa shape index (κ1) is 11.4. The molecule has 1 rings (SSSR count). The minimum absolute atomic E-state index is 0.0957. The van der Waals surface area contributed by atoms with Crippen LogP contribution in [0, 0.1) is 11.3 Å². The number of nitrogens with zero attached hydrogens (tertiary/aromatic N) is 2. The second kappa shape index (κ2) is 4.70. The van der Waals surface area contributed by atoms with Gasteiger partial charge in [0.15, 0.2) is 0 Å². The fraction of sp³-hybridized carbons (Fsp3) is 0.800. The van der Waals surface area contributed by atoms with Crippen LogP contribution in [-0.2, 0) is 4.79 Å². The van der Waals surface area contributed by atoms with Crippen LogP contribution in [0.4, 0.5) is 0 Å². The number of hydrogen-bond acceptors (Lipinski definition) is 3. The van der Waals surface area contributed by atoms with E-state index in [2.05, 4.69) is 13.0 Å². The number of hydrogen-bond donors (Lipinski definition) is 0. The van der Waals surface area contributed by atoms with Crippen molar-refractivity contribution in [1.29, 1.82) is 5.26 Å². The summed E-state index contributed by atoms with van der Waals surface area (Å²) in [6, 6.07) is 2.16. The second-order valence-corrected chi connectivity index (χ2v) is 4.72. The first-order chi connectivity index (χ1) is 6.70. The minimum atomic E-state index is -0.0957. The minimum Gasteiger partial charge on any atom is -0.328 e. The fourth-order valence-electron chi connectivity index (χ4n) is 1.97. The summed E-state index contributed by atoms with van der Waals surface area (Å²) in [6.07, 6.45) is 2.26. The third-order valence-electron chi connectivity index (χ3n) is 2.75. The van der Waals surface area contributed by atoms with Gasteiger partial charge in [-0.15, -0.1) is 11.8 Å². The maximum Gasteiger partial charge on any atom is 0.233 e. The van der Waals surface area contributed by atoms with Crippen molar-refractivity contribution in [3.05, 3.63) is 0 Å². The van der Waals surface area contributed by atoms with Gasteiger partial charge < -0.3 is 4.90 Å². The molecule has 0 radical (unpaired) electrons. The molecule has 0 aromatic carbocycles. The van der Waals surface area contributed by atoms with Crippen LogP contribution in [0.15, 0.2) is 0 Å². The van der Waals surface area contributed by atoms with Crippen LogP contribution in [-0.4, -0.2) is 28.0 Å². The zero-order chi connectivity index (χ0) is 10.6. The van der Waals surface area contributed by atoms with Gasteiger partial charge >= 0.3 is 0 Å². The number of amides is 1. The summed E-state index contributed by atoms with van der Waals surface area (Å²) in [5, 5.41) is 8.60. The van der Waals surface area contributed by atoms with Crippen molar-refractivity contribution in [2.75, 3.05) is 12.3 Å². The van der Waals surface area contributed by atoms with E-state index in [1.54, 1.807) is 11.8 Å². The average Bonchev–Trinajstić information content (AvgIpc) is 2.53. The predicted molar refractivity (Wildman–Crippen MR) is 57.7 cm³/mol. The molecule has 1 unspecified atom stereocenters. The number of nitriles is 1. The quantitative estimate of drug-likeness (QED) is 0.716. The SMILES string of the molecule is CCN1C(=O)CSC1(CC)CCC#N. The summed E-state index contributed by atoms with van der Waals surface area (Å²) in [5.74, 6) is 0.796. The van der Waals surface area contributed by atoms with E-state index < -0.39 is 0 Å². The van der Waals surface area contributed by atoms with Gasteiger partial charge in [-0.3, -0.25) is 4.79 Å². The average molecular weight is 212 g/mol. The van der Waals surface area contributed by atoms with E-state index in [1.165, 1.54) is 0 Å². The lowest BCUT2D eigenvalue weighted by atomic mass is 10.1. The molecule has 1 amide bonds. The Balaban J connectivity index is 2.77. The Morgan fingerprint density at radius 1 is 1.64 bits per heavy atom. The monoisotopic (exact) mass is 212 g/mol. The van der Waals surface area contributed by atoms with Crippen molar-refractivity contribution in [1.82, 2.24) is 4.90 Å². The standard InChI is InChI=1S/C10H16N2OS/c1-3-10(6-5-7-11)12(4-2)9(13)8-14-10/h3-6,8H2,1-2H3. The molecule has 4 heteroatoms. The maximum absolute atomic E-state index is 11.6. The summed E-state index contributed by atoms with van der Waals surface area (Å²) in [7, 11) is 0. The third kappa shape index (κ3) is 1.88. The molecule has 0 aromatic heterocycles. The third-order valence-corrected chi connectivity index (χ3v) is 4.40. The highest BCUT2D eigenvalue weighted by molar-refractivity contribution is 8.01. The molecule has 3 nitrogen and oxygen atoms in total. The number of carbonyl (C=O) groups excluding carboxylic acids is 1. The Bertz CT molecular complexity index is 261. The fourth-order valence-corrected chi connectivity index (χ4v) is 3.36. The Morgan fingerprint density at radius 2 is 2.36 bits per heavy atom. The Labute approximate surface area is 89.5 Å². The van der Waals surface area contributed by atoms with Gasteiger partial charge in [0, 0.05) is 13.0 Å². The van der Waals surface area contributed by atoms with E-state index in [-0.39, 0.29) is 10.8 Å². The first-order valence-corrected chi connectivity index (χ1v) is 6.00.